The Morgan fingerprint density at radius 2 is 1.83 bits per heavy atom. The molecule has 24 heavy (non-hydrogen) atoms. The SMILES string of the molecule is O=C(c1ccc([N+](=O)[O-])o1)N(Cc1ccccc1)Cc1ccco1. The number of hydrogen-bond donors (Lipinski definition) is 0. The van der Waals surface area contributed by atoms with Gasteiger partial charge in [-0.05, 0) is 23.8 Å². The first kappa shape index (κ1) is 15.5. The van der Waals surface area contributed by atoms with Gasteiger partial charge in [0.15, 0.2) is 5.76 Å². The molecule has 3 rings (SSSR count). The van der Waals surface area contributed by atoms with Crippen LogP contribution >= 0.6 is 0 Å². The van der Waals surface area contributed by atoms with E-state index in [1.54, 1.807) is 12.1 Å². The predicted octanol–water partition coefficient (Wildman–Crippen LogP) is 3.62. The maximum Gasteiger partial charge on any atom is 0.433 e. The lowest BCUT2D eigenvalue weighted by molar-refractivity contribution is -0.402. The second kappa shape index (κ2) is 6.82. The molecule has 0 saturated carbocycles. The summed E-state index contributed by atoms with van der Waals surface area (Å²) in [6, 6.07) is 15.4. The molecule has 0 radical (unpaired) electrons. The van der Waals surface area contributed by atoms with Crippen molar-refractivity contribution < 1.29 is 18.6 Å². The monoisotopic (exact) mass is 326 g/mol. The van der Waals surface area contributed by atoms with Gasteiger partial charge in [-0.3, -0.25) is 14.9 Å². The molecule has 0 atom stereocenters. The van der Waals surface area contributed by atoms with Crippen molar-refractivity contribution >= 4 is 11.8 Å². The van der Waals surface area contributed by atoms with Gasteiger partial charge in [-0.15, -0.1) is 0 Å². The van der Waals surface area contributed by atoms with Crippen LogP contribution in [0, 0.1) is 10.1 Å². The summed E-state index contributed by atoms with van der Waals surface area (Å²) in [6.07, 6.45) is 1.53. The zero-order chi connectivity index (χ0) is 16.9. The predicted molar refractivity (Wildman–Crippen MR) is 84.1 cm³/mol. The largest absolute Gasteiger partial charge is 0.467 e. The Morgan fingerprint density at radius 1 is 1.04 bits per heavy atom. The fourth-order valence-electron chi connectivity index (χ4n) is 2.29. The Hall–Kier alpha value is -3.35. The fraction of sp³-hybridized carbons (Fsp3) is 0.118. The van der Waals surface area contributed by atoms with Gasteiger partial charge in [0.25, 0.3) is 5.91 Å². The molecule has 2 heterocycles. The summed E-state index contributed by atoms with van der Waals surface area (Å²) in [5.74, 6) is -0.371. The topological polar surface area (TPSA) is 89.7 Å². The van der Waals surface area contributed by atoms with Gasteiger partial charge in [-0.25, -0.2) is 0 Å². The molecule has 2 aromatic heterocycles. The lowest BCUT2D eigenvalue weighted by atomic mass is 10.2. The number of nitro groups is 1. The molecular weight excluding hydrogens is 312 g/mol. The van der Waals surface area contributed by atoms with Gasteiger partial charge in [-0.1, -0.05) is 30.3 Å². The van der Waals surface area contributed by atoms with E-state index in [9.17, 15) is 14.9 Å². The van der Waals surface area contributed by atoms with Crippen molar-refractivity contribution in [2.45, 2.75) is 13.1 Å². The third-order valence-corrected chi connectivity index (χ3v) is 3.41. The van der Waals surface area contributed by atoms with E-state index in [-0.39, 0.29) is 12.3 Å². The third-order valence-electron chi connectivity index (χ3n) is 3.41. The van der Waals surface area contributed by atoms with Crippen LogP contribution in [0.25, 0.3) is 0 Å². The molecule has 0 aliphatic carbocycles. The number of hydrogen-bond acceptors (Lipinski definition) is 5. The van der Waals surface area contributed by atoms with E-state index in [2.05, 4.69) is 0 Å². The molecule has 0 aliphatic rings. The van der Waals surface area contributed by atoms with Crippen molar-refractivity contribution in [1.82, 2.24) is 4.90 Å². The lowest BCUT2D eigenvalue weighted by Crippen LogP contribution is -2.29. The number of benzene rings is 1. The zero-order valence-electron chi connectivity index (χ0n) is 12.6. The number of amides is 1. The highest BCUT2D eigenvalue weighted by Crippen LogP contribution is 2.20. The molecule has 3 aromatic rings. The second-order valence-electron chi connectivity index (χ2n) is 5.12. The lowest BCUT2D eigenvalue weighted by Gasteiger charge is -2.20. The van der Waals surface area contributed by atoms with Gasteiger partial charge in [0.05, 0.1) is 18.9 Å². The van der Waals surface area contributed by atoms with Crippen LogP contribution in [0.3, 0.4) is 0 Å². The zero-order valence-corrected chi connectivity index (χ0v) is 12.6. The highest BCUT2D eigenvalue weighted by atomic mass is 16.6. The van der Waals surface area contributed by atoms with Crippen molar-refractivity contribution in [2.75, 3.05) is 0 Å². The minimum Gasteiger partial charge on any atom is -0.467 e. The maximum atomic E-state index is 12.7. The van der Waals surface area contributed by atoms with Gasteiger partial charge >= 0.3 is 5.88 Å². The van der Waals surface area contributed by atoms with Crippen molar-refractivity contribution in [3.8, 4) is 0 Å². The number of nitrogens with zero attached hydrogens (tertiary/aromatic N) is 2. The van der Waals surface area contributed by atoms with Crippen LogP contribution in [0.1, 0.15) is 21.9 Å². The third kappa shape index (κ3) is 3.52. The summed E-state index contributed by atoms with van der Waals surface area (Å²) in [4.78, 5) is 24.2. The van der Waals surface area contributed by atoms with Gasteiger partial charge in [-0.2, -0.15) is 0 Å². The van der Waals surface area contributed by atoms with Gasteiger partial charge < -0.3 is 13.7 Å². The molecule has 0 fully saturated rings. The highest BCUT2D eigenvalue weighted by molar-refractivity contribution is 5.91. The van der Waals surface area contributed by atoms with Gasteiger partial charge in [0.2, 0.25) is 0 Å². The average Bonchev–Trinajstić information content (AvgIpc) is 3.26. The van der Waals surface area contributed by atoms with E-state index in [0.29, 0.717) is 12.3 Å². The van der Waals surface area contributed by atoms with E-state index in [1.807, 2.05) is 30.3 Å². The van der Waals surface area contributed by atoms with Crippen LogP contribution in [-0.2, 0) is 13.1 Å². The Morgan fingerprint density at radius 3 is 2.46 bits per heavy atom. The van der Waals surface area contributed by atoms with Crippen molar-refractivity contribution in [2.24, 2.45) is 0 Å². The molecule has 7 heteroatoms. The van der Waals surface area contributed by atoms with Crippen molar-refractivity contribution in [3.63, 3.8) is 0 Å². The summed E-state index contributed by atoms with van der Waals surface area (Å²) in [6.45, 7) is 0.560. The molecule has 1 amide bonds. The normalized spacial score (nSPS) is 10.5. The molecule has 0 bridgehead atoms. The van der Waals surface area contributed by atoms with E-state index in [0.717, 1.165) is 5.56 Å². The number of carbonyl (C=O) groups excluding carboxylic acids is 1. The number of carbonyl (C=O) groups is 1. The van der Waals surface area contributed by atoms with Crippen LogP contribution in [0.4, 0.5) is 5.88 Å². The number of furan rings is 2. The van der Waals surface area contributed by atoms with E-state index in [1.165, 1.54) is 23.3 Å². The molecule has 122 valence electrons. The Bertz CT molecular complexity index is 824. The van der Waals surface area contributed by atoms with Crippen LogP contribution in [0.2, 0.25) is 0 Å². The average molecular weight is 326 g/mol. The first-order valence-corrected chi connectivity index (χ1v) is 7.23. The smallest absolute Gasteiger partial charge is 0.433 e. The van der Waals surface area contributed by atoms with Crippen LogP contribution in [-0.4, -0.2) is 15.7 Å². The second-order valence-corrected chi connectivity index (χ2v) is 5.12. The molecule has 0 unspecified atom stereocenters. The Labute approximate surface area is 137 Å². The molecule has 0 spiro atoms. The molecule has 1 aromatic carbocycles. The van der Waals surface area contributed by atoms with E-state index >= 15 is 0 Å². The molecule has 7 nitrogen and oxygen atoms in total. The molecule has 0 aliphatic heterocycles. The molecular formula is C17H14N2O5. The quantitative estimate of drug-likeness (QED) is 0.510. The fourth-order valence-corrected chi connectivity index (χ4v) is 2.29. The molecule has 0 saturated heterocycles. The summed E-state index contributed by atoms with van der Waals surface area (Å²) >= 11 is 0. The maximum absolute atomic E-state index is 12.7. The molecule has 0 N–H and O–H groups in total. The Balaban J connectivity index is 1.84. The minimum atomic E-state index is -0.676. The van der Waals surface area contributed by atoms with E-state index < -0.39 is 16.7 Å². The summed E-state index contributed by atoms with van der Waals surface area (Å²) < 4.78 is 10.3. The number of rotatable bonds is 6. The van der Waals surface area contributed by atoms with Gasteiger partial charge in [0.1, 0.15) is 10.7 Å². The van der Waals surface area contributed by atoms with Crippen LogP contribution < -0.4 is 0 Å². The summed E-state index contributed by atoms with van der Waals surface area (Å²) in [5, 5.41) is 10.7. The Kier molecular flexibility index (Phi) is 4.42. The van der Waals surface area contributed by atoms with Crippen LogP contribution in [0.15, 0.2) is 69.7 Å². The van der Waals surface area contributed by atoms with Crippen molar-refractivity contribution in [1.29, 1.82) is 0 Å². The van der Waals surface area contributed by atoms with E-state index in [4.69, 9.17) is 8.83 Å². The summed E-state index contributed by atoms with van der Waals surface area (Å²) in [7, 11) is 0. The first-order valence-electron chi connectivity index (χ1n) is 7.23. The standard InChI is InChI=1S/C17H14N2O5/c20-17(15-8-9-16(24-15)19(21)22)18(12-14-7-4-10-23-14)11-13-5-2-1-3-6-13/h1-10H,11-12H2. The van der Waals surface area contributed by atoms with Crippen LogP contribution in [0.5, 0.6) is 0 Å². The minimum absolute atomic E-state index is 0.0795. The van der Waals surface area contributed by atoms with Crippen molar-refractivity contribution in [3.05, 3.63) is 88.1 Å². The summed E-state index contributed by atoms with van der Waals surface area (Å²) in [5.41, 5.74) is 0.929. The van der Waals surface area contributed by atoms with Gasteiger partial charge in [0, 0.05) is 6.54 Å². The highest BCUT2D eigenvalue weighted by Gasteiger charge is 2.23. The first-order chi connectivity index (χ1) is 11.6.